The Balaban J connectivity index is 2.44. The molecule has 0 N–H and O–H groups in total. The first-order valence-corrected chi connectivity index (χ1v) is 9.36. The number of nitriles is 1. The lowest BCUT2D eigenvalue weighted by Crippen LogP contribution is -2.44. The Kier molecular flexibility index (Phi) is 7.50. The van der Waals surface area contributed by atoms with Crippen LogP contribution in [0.25, 0.3) is 0 Å². The van der Waals surface area contributed by atoms with Crippen LogP contribution in [0.1, 0.15) is 48.7 Å². The zero-order valence-electron chi connectivity index (χ0n) is 16.3. The molecule has 150 valence electrons. The molecule has 2 heterocycles. The minimum absolute atomic E-state index is 0.0464. The number of esters is 2. The zero-order valence-corrected chi connectivity index (χ0v) is 16.3. The zero-order chi connectivity index (χ0) is 20.6. The predicted molar refractivity (Wildman–Crippen MR) is 99.0 cm³/mol. The molecule has 1 aliphatic rings. The summed E-state index contributed by atoms with van der Waals surface area (Å²) in [4.78, 5) is 44.2. The molecule has 1 atom stereocenters. The van der Waals surface area contributed by atoms with E-state index in [-0.39, 0.29) is 24.6 Å². The van der Waals surface area contributed by atoms with Gasteiger partial charge in [0.1, 0.15) is 0 Å². The van der Waals surface area contributed by atoms with Crippen LogP contribution in [0.3, 0.4) is 0 Å². The molecule has 8 heteroatoms. The summed E-state index contributed by atoms with van der Waals surface area (Å²) in [5, 5.41) is 9.26. The molecular formula is C20H25N3O5. The summed E-state index contributed by atoms with van der Waals surface area (Å²) >= 11 is 0. The van der Waals surface area contributed by atoms with Gasteiger partial charge in [0, 0.05) is 25.7 Å². The summed E-state index contributed by atoms with van der Waals surface area (Å²) < 4.78 is 9.87. The van der Waals surface area contributed by atoms with Crippen LogP contribution in [0.5, 0.6) is 0 Å². The van der Waals surface area contributed by atoms with Crippen molar-refractivity contribution in [2.45, 2.75) is 39.0 Å². The van der Waals surface area contributed by atoms with E-state index in [4.69, 9.17) is 9.47 Å². The molecule has 1 saturated heterocycles. The Morgan fingerprint density at radius 2 is 1.96 bits per heavy atom. The largest absolute Gasteiger partial charge is 0.468 e. The number of pyridine rings is 1. The van der Waals surface area contributed by atoms with Crippen molar-refractivity contribution >= 4 is 17.8 Å². The van der Waals surface area contributed by atoms with Gasteiger partial charge >= 0.3 is 11.9 Å². The Morgan fingerprint density at radius 1 is 1.25 bits per heavy atom. The third-order valence-corrected chi connectivity index (χ3v) is 4.86. The van der Waals surface area contributed by atoms with E-state index in [1.807, 2.05) is 6.07 Å². The first kappa shape index (κ1) is 21.4. The van der Waals surface area contributed by atoms with E-state index in [0.717, 1.165) is 26.4 Å². The molecular weight excluding hydrogens is 362 g/mol. The summed E-state index contributed by atoms with van der Waals surface area (Å²) in [5.74, 6) is -1.93. The van der Waals surface area contributed by atoms with E-state index in [9.17, 15) is 19.6 Å². The first-order valence-electron chi connectivity index (χ1n) is 9.36. The normalized spacial score (nSPS) is 15.8. The highest BCUT2D eigenvalue weighted by molar-refractivity contribution is 6.01. The average molecular weight is 387 g/mol. The maximum atomic E-state index is 13.0. The van der Waals surface area contributed by atoms with Crippen molar-refractivity contribution in [1.82, 2.24) is 9.88 Å². The average Bonchev–Trinajstić information content (AvgIpc) is 2.73. The van der Waals surface area contributed by atoms with Crippen molar-refractivity contribution < 1.29 is 23.9 Å². The molecule has 1 aromatic heterocycles. The second-order valence-electron chi connectivity index (χ2n) is 6.66. The molecule has 0 saturated carbocycles. The van der Waals surface area contributed by atoms with E-state index >= 15 is 0 Å². The maximum absolute atomic E-state index is 13.0. The molecule has 0 aliphatic carbocycles. The van der Waals surface area contributed by atoms with Crippen molar-refractivity contribution in [3.63, 3.8) is 0 Å². The second-order valence-corrected chi connectivity index (χ2v) is 6.66. The lowest BCUT2D eigenvalue weighted by atomic mass is 9.79. The summed E-state index contributed by atoms with van der Waals surface area (Å²) in [6, 6.07) is 5.13. The van der Waals surface area contributed by atoms with Gasteiger partial charge in [-0.1, -0.05) is 0 Å². The Hall–Kier alpha value is -2.95. The monoisotopic (exact) mass is 387 g/mol. The number of ether oxygens (including phenoxy) is 2. The molecule has 1 fully saturated rings. The Morgan fingerprint density at radius 3 is 2.57 bits per heavy atom. The summed E-state index contributed by atoms with van der Waals surface area (Å²) in [6.07, 6.45) is 3.76. The van der Waals surface area contributed by atoms with Crippen molar-refractivity contribution in [2.75, 3.05) is 26.8 Å². The van der Waals surface area contributed by atoms with E-state index in [0.29, 0.717) is 18.7 Å². The Labute approximate surface area is 164 Å². The molecule has 8 nitrogen and oxygen atoms in total. The molecule has 1 unspecified atom stereocenters. The van der Waals surface area contributed by atoms with Crippen LogP contribution in [0.4, 0.5) is 0 Å². The molecule has 2 rings (SSSR count). The van der Waals surface area contributed by atoms with Gasteiger partial charge in [0.25, 0.3) is 5.91 Å². The van der Waals surface area contributed by atoms with E-state index in [1.165, 1.54) is 6.20 Å². The van der Waals surface area contributed by atoms with E-state index in [1.54, 1.807) is 24.0 Å². The fourth-order valence-corrected chi connectivity index (χ4v) is 3.36. The van der Waals surface area contributed by atoms with Gasteiger partial charge in [-0.25, -0.2) is 0 Å². The van der Waals surface area contributed by atoms with Gasteiger partial charge < -0.3 is 14.4 Å². The summed E-state index contributed by atoms with van der Waals surface area (Å²) in [7, 11) is 1.14. The quantitative estimate of drug-likeness (QED) is 0.519. The lowest BCUT2D eigenvalue weighted by Gasteiger charge is -2.29. The van der Waals surface area contributed by atoms with Gasteiger partial charge in [-0.3, -0.25) is 19.4 Å². The fraction of sp³-hybridized carbons (Fsp3) is 0.550. The number of carbonyl (C=O) groups is 3. The number of methoxy groups -OCH3 is 1. The van der Waals surface area contributed by atoms with Gasteiger partial charge in [-0.15, -0.1) is 0 Å². The molecule has 1 aliphatic heterocycles. The number of hydrogen-bond donors (Lipinski definition) is 0. The lowest BCUT2D eigenvalue weighted by molar-refractivity contribution is -0.170. The standard InChI is InChI=1S/C20H25N3O5/c1-3-28-19(26)20(9-10-21,18(25)27-2)14-16-15(8-7-11-22-16)17(24)23-12-5-4-6-13-23/h7-8,11H,3-6,9,12-14H2,1-2H3. The number of likely N-dealkylation sites (tertiary alicyclic amines) is 1. The summed E-state index contributed by atoms with van der Waals surface area (Å²) in [6.45, 7) is 2.97. The van der Waals surface area contributed by atoms with Crippen LogP contribution in [0.15, 0.2) is 18.3 Å². The van der Waals surface area contributed by atoms with Gasteiger partial charge in [-0.2, -0.15) is 5.26 Å². The van der Waals surface area contributed by atoms with Crippen LogP contribution < -0.4 is 0 Å². The van der Waals surface area contributed by atoms with Gasteiger partial charge in [0.05, 0.1) is 37.5 Å². The summed E-state index contributed by atoms with van der Waals surface area (Å²) in [5.41, 5.74) is -1.28. The van der Waals surface area contributed by atoms with Crippen LogP contribution >= 0.6 is 0 Å². The molecule has 1 aromatic rings. The highest BCUT2D eigenvalue weighted by Crippen LogP contribution is 2.32. The minimum Gasteiger partial charge on any atom is -0.468 e. The van der Waals surface area contributed by atoms with Crippen LogP contribution in [-0.2, 0) is 25.5 Å². The number of amides is 1. The fourth-order valence-electron chi connectivity index (χ4n) is 3.36. The SMILES string of the molecule is CCOC(=O)C(CC#N)(Cc1ncccc1C(=O)N1CCCCC1)C(=O)OC. The van der Waals surface area contributed by atoms with E-state index in [2.05, 4.69) is 4.98 Å². The first-order chi connectivity index (χ1) is 13.5. The molecule has 0 bridgehead atoms. The second kappa shape index (κ2) is 9.83. The molecule has 0 radical (unpaired) electrons. The predicted octanol–water partition coefficient (Wildman–Crippen LogP) is 1.89. The van der Waals surface area contributed by atoms with Crippen molar-refractivity contribution in [3.8, 4) is 6.07 Å². The van der Waals surface area contributed by atoms with Gasteiger partial charge in [0.15, 0.2) is 5.41 Å². The number of aromatic nitrogens is 1. The third-order valence-electron chi connectivity index (χ3n) is 4.86. The third kappa shape index (κ3) is 4.47. The van der Waals surface area contributed by atoms with Crippen molar-refractivity contribution in [3.05, 3.63) is 29.6 Å². The Bertz CT molecular complexity index is 767. The van der Waals surface area contributed by atoms with Gasteiger partial charge in [0.2, 0.25) is 0 Å². The highest BCUT2D eigenvalue weighted by atomic mass is 16.6. The molecule has 0 aromatic carbocycles. The topological polar surface area (TPSA) is 110 Å². The number of nitrogens with zero attached hydrogens (tertiary/aromatic N) is 3. The smallest absolute Gasteiger partial charge is 0.324 e. The van der Waals surface area contributed by atoms with Crippen molar-refractivity contribution in [2.24, 2.45) is 5.41 Å². The number of hydrogen-bond acceptors (Lipinski definition) is 7. The van der Waals surface area contributed by atoms with Crippen LogP contribution in [0.2, 0.25) is 0 Å². The van der Waals surface area contributed by atoms with Gasteiger partial charge in [-0.05, 0) is 38.3 Å². The number of carbonyl (C=O) groups excluding carboxylic acids is 3. The number of rotatable bonds is 7. The molecule has 1 amide bonds. The van der Waals surface area contributed by atoms with Crippen molar-refractivity contribution in [1.29, 1.82) is 5.26 Å². The van der Waals surface area contributed by atoms with Crippen LogP contribution in [0, 0.1) is 16.7 Å². The highest BCUT2D eigenvalue weighted by Gasteiger charge is 2.50. The molecule has 0 spiro atoms. The minimum atomic E-state index is -1.87. The number of piperidine rings is 1. The maximum Gasteiger partial charge on any atom is 0.324 e. The van der Waals surface area contributed by atoms with E-state index < -0.39 is 23.8 Å². The van der Waals surface area contributed by atoms with Crippen LogP contribution in [-0.4, -0.2) is 54.5 Å². The molecule has 28 heavy (non-hydrogen) atoms.